The van der Waals surface area contributed by atoms with Crippen LogP contribution in [-0.2, 0) is 9.47 Å². The summed E-state index contributed by atoms with van der Waals surface area (Å²) in [6.45, 7) is 23.4. The molecule has 0 heterocycles. The van der Waals surface area contributed by atoms with Crippen molar-refractivity contribution < 1.29 is 9.47 Å². The molecule has 0 aliphatic heterocycles. The first kappa shape index (κ1) is 25.7. The summed E-state index contributed by atoms with van der Waals surface area (Å²) in [7, 11) is 0. The van der Waals surface area contributed by atoms with Gasteiger partial charge < -0.3 is 9.47 Å². The molecule has 0 amide bonds. The highest BCUT2D eigenvalue weighted by molar-refractivity contribution is 4.87. The van der Waals surface area contributed by atoms with E-state index in [4.69, 9.17) is 9.47 Å². The fourth-order valence-electron chi connectivity index (χ4n) is 3.09. The topological polar surface area (TPSA) is 18.5 Å². The standard InChI is InChI=1S/C24H48O2/c1-20(2)12-10-13-21(3)16-19-26-24(8,9)17-11-14-22(4)15-18-25-23(5,6)7/h21-22H,1,10-19H2,2-9H3. The SMILES string of the molecule is C=C(C)CCCC(C)CCOC(C)(C)CCCC(C)CCOC(C)(C)C. The summed E-state index contributed by atoms with van der Waals surface area (Å²) in [5.41, 5.74) is 1.28. The molecule has 0 spiro atoms. The van der Waals surface area contributed by atoms with Crippen molar-refractivity contribution in [1.29, 1.82) is 0 Å². The number of hydrogen-bond acceptors (Lipinski definition) is 2. The summed E-state index contributed by atoms with van der Waals surface area (Å²) in [5, 5.41) is 0. The van der Waals surface area contributed by atoms with Crippen molar-refractivity contribution >= 4 is 0 Å². The van der Waals surface area contributed by atoms with Crippen molar-refractivity contribution in [3.8, 4) is 0 Å². The van der Waals surface area contributed by atoms with Gasteiger partial charge in [-0.25, -0.2) is 0 Å². The van der Waals surface area contributed by atoms with Crippen molar-refractivity contribution in [3.63, 3.8) is 0 Å². The maximum absolute atomic E-state index is 6.19. The van der Waals surface area contributed by atoms with Crippen LogP contribution in [0.2, 0.25) is 0 Å². The molecule has 0 aromatic rings. The summed E-state index contributed by atoms with van der Waals surface area (Å²) < 4.78 is 12.0. The second kappa shape index (κ2) is 12.9. The first-order valence-electron chi connectivity index (χ1n) is 10.8. The van der Waals surface area contributed by atoms with Crippen molar-refractivity contribution in [2.24, 2.45) is 11.8 Å². The lowest BCUT2D eigenvalue weighted by Crippen LogP contribution is -2.25. The number of allylic oxidation sites excluding steroid dienone is 1. The summed E-state index contributed by atoms with van der Waals surface area (Å²) >= 11 is 0. The van der Waals surface area contributed by atoms with Crippen molar-refractivity contribution in [3.05, 3.63) is 12.2 Å². The Morgan fingerprint density at radius 3 is 1.81 bits per heavy atom. The quantitative estimate of drug-likeness (QED) is 0.277. The minimum absolute atomic E-state index is 0.000938. The average Bonchev–Trinajstić information content (AvgIpc) is 2.44. The van der Waals surface area contributed by atoms with Crippen LogP contribution in [0.5, 0.6) is 0 Å². The normalized spacial score (nSPS) is 15.1. The van der Waals surface area contributed by atoms with Crippen LogP contribution in [0.1, 0.15) is 107 Å². The van der Waals surface area contributed by atoms with Crippen molar-refractivity contribution in [2.75, 3.05) is 13.2 Å². The maximum Gasteiger partial charge on any atom is 0.0626 e. The third-order valence-corrected chi connectivity index (χ3v) is 5.03. The molecular weight excluding hydrogens is 320 g/mol. The lowest BCUT2D eigenvalue weighted by molar-refractivity contribution is -0.0313. The van der Waals surface area contributed by atoms with Crippen LogP contribution in [0, 0.1) is 11.8 Å². The Morgan fingerprint density at radius 2 is 1.31 bits per heavy atom. The highest BCUT2D eigenvalue weighted by atomic mass is 16.5. The van der Waals surface area contributed by atoms with Gasteiger partial charge in [0.25, 0.3) is 0 Å². The molecular formula is C24H48O2. The van der Waals surface area contributed by atoms with E-state index in [0.717, 1.165) is 44.3 Å². The Bertz CT molecular complexity index is 365. The maximum atomic E-state index is 6.19. The van der Waals surface area contributed by atoms with E-state index in [1.807, 2.05) is 0 Å². The largest absolute Gasteiger partial charge is 0.376 e. The van der Waals surface area contributed by atoms with Gasteiger partial charge in [0.2, 0.25) is 0 Å². The second-order valence-electron chi connectivity index (χ2n) is 10.1. The first-order chi connectivity index (χ1) is 11.9. The minimum atomic E-state index is -0.0167. The van der Waals surface area contributed by atoms with Crippen LogP contribution in [0.3, 0.4) is 0 Å². The summed E-state index contributed by atoms with van der Waals surface area (Å²) in [6, 6.07) is 0. The second-order valence-corrected chi connectivity index (χ2v) is 10.1. The van der Waals surface area contributed by atoms with Crippen LogP contribution < -0.4 is 0 Å². The minimum Gasteiger partial charge on any atom is -0.376 e. The highest BCUT2D eigenvalue weighted by Crippen LogP contribution is 2.23. The van der Waals surface area contributed by atoms with Gasteiger partial charge in [-0.15, -0.1) is 6.58 Å². The molecule has 156 valence electrons. The van der Waals surface area contributed by atoms with E-state index in [-0.39, 0.29) is 11.2 Å². The molecule has 2 unspecified atom stereocenters. The molecule has 0 rings (SSSR count). The van der Waals surface area contributed by atoms with Crippen LogP contribution in [0.25, 0.3) is 0 Å². The summed E-state index contributed by atoms with van der Waals surface area (Å²) in [6.07, 6.45) is 9.66. The van der Waals surface area contributed by atoms with Gasteiger partial charge in [0, 0.05) is 13.2 Å². The van der Waals surface area contributed by atoms with Crippen molar-refractivity contribution in [1.82, 2.24) is 0 Å². The lowest BCUT2D eigenvalue weighted by Gasteiger charge is -2.27. The predicted molar refractivity (Wildman–Crippen MR) is 116 cm³/mol. The molecule has 0 bridgehead atoms. The molecule has 0 radical (unpaired) electrons. The molecule has 0 fully saturated rings. The molecule has 0 saturated carbocycles. The predicted octanol–water partition coefficient (Wildman–Crippen LogP) is 7.57. The molecule has 0 aromatic heterocycles. The smallest absolute Gasteiger partial charge is 0.0626 e. The fraction of sp³-hybridized carbons (Fsp3) is 0.917. The fourth-order valence-corrected chi connectivity index (χ4v) is 3.09. The Balaban J connectivity index is 3.78. The molecule has 0 aromatic carbocycles. The van der Waals surface area contributed by atoms with E-state index in [1.54, 1.807) is 0 Å². The Hall–Kier alpha value is -0.340. The van der Waals surface area contributed by atoms with Crippen LogP contribution >= 0.6 is 0 Å². The molecule has 26 heavy (non-hydrogen) atoms. The molecule has 0 aliphatic rings. The Morgan fingerprint density at radius 1 is 0.808 bits per heavy atom. The molecule has 0 N–H and O–H groups in total. The lowest BCUT2D eigenvalue weighted by atomic mass is 9.95. The van der Waals surface area contributed by atoms with E-state index in [1.165, 1.54) is 37.7 Å². The van der Waals surface area contributed by atoms with Gasteiger partial charge in [0.05, 0.1) is 11.2 Å². The van der Waals surface area contributed by atoms with Gasteiger partial charge >= 0.3 is 0 Å². The Kier molecular flexibility index (Phi) is 12.8. The highest BCUT2D eigenvalue weighted by Gasteiger charge is 2.19. The number of ether oxygens (including phenoxy) is 2. The Labute approximate surface area is 165 Å². The van der Waals surface area contributed by atoms with Crippen LogP contribution in [0.15, 0.2) is 12.2 Å². The van der Waals surface area contributed by atoms with E-state index >= 15 is 0 Å². The van der Waals surface area contributed by atoms with E-state index in [9.17, 15) is 0 Å². The van der Waals surface area contributed by atoms with Gasteiger partial charge in [-0.1, -0.05) is 38.7 Å². The molecule has 2 atom stereocenters. The van der Waals surface area contributed by atoms with Gasteiger partial charge in [-0.3, -0.25) is 0 Å². The molecule has 0 saturated heterocycles. The zero-order valence-electron chi connectivity index (χ0n) is 19.2. The van der Waals surface area contributed by atoms with Gasteiger partial charge in [-0.05, 0) is 85.5 Å². The third kappa shape index (κ3) is 17.1. The average molecular weight is 369 g/mol. The first-order valence-corrected chi connectivity index (χ1v) is 10.8. The van der Waals surface area contributed by atoms with E-state index < -0.39 is 0 Å². The van der Waals surface area contributed by atoms with Gasteiger partial charge in [0.15, 0.2) is 0 Å². The number of rotatable bonds is 15. The number of hydrogen-bond donors (Lipinski definition) is 0. The summed E-state index contributed by atoms with van der Waals surface area (Å²) in [4.78, 5) is 0. The van der Waals surface area contributed by atoms with Crippen molar-refractivity contribution in [2.45, 2.75) is 118 Å². The monoisotopic (exact) mass is 368 g/mol. The molecule has 2 nitrogen and oxygen atoms in total. The molecule has 0 aliphatic carbocycles. The summed E-state index contributed by atoms with van der Waals surface area (Å²) in [5.74, 6) is 1.47. The van der Waals surface area contributed by atoms with Crippen LogP contribution in [-0.4, -0.2) is 24.4 Å². The van der Waals surface area contributed by atoms with E-state index in [2.05, 4.69) is 62.0 Å². The zero-order valence-corrected chi connectivity index (χ0v) is 19.2. The van der Waals surface area contributed by atoms with Crippen LogP contribution in [0.4, 0.5) is 0 Å². The van der Waals surface area contributed by atoms with Gasteiger partial charge in [0.1, 0.15) is 0 Å². The molecule has 2 heteroatoms. The van der Waals surface area contributed by atoms with Gasteiger partial charge in [-0.2, -0.15) is 0 Å². The zero-order chi connectivity index (χ0) is 20.2. The van der Waals surface area contributed by atoms with E-state index in [0.29, 0.717) is 0 Å². The third-order valence-electron chi connectivity index (χ3n) is 5.03.